The molecule has 0 aliphatic carbocycles. The molecule has 0 saturated carbocycles. The van der Waals surface area contributed by atoms with Gasteiger partial charge in [-0.2, -0.15) is 0 Å². The van der Waals surface area contributed by atoms with Gasteiger partial charge in [0.2, 0.25) is 0 Å². The monoisotopic (exact) mass is 329 g/mol. The topological polar surface area (TPSA) is 66.8 Å². The van der Waals surface area contributed by atoms with Gasteiger partial charge >= 0.3 is 12.1 Å². The summed E-state index contributed by atoms with van der Waals surface area (Å²) in [5, 5.41) is 9.34. The first-order valence-electron chi connectivity index (χ1n) is 6.77. The minimum absolute atomic E-state index is 0.213. The van der Waals surface area contributed by atoms with Gasteiger partial charge in [0.1, 0.15) is 5.82 Å². The Kier molecular flexibility index (Phi) is 4.92. The fraction of sp³-hybridized carbons (Fsp3) is 0.333. The minimum atomic E-state index is -1.35. The molecule has 1 aromatic rings. The highest BCUT2D eigenvalue weighted by molar-refractivity contribution is 5.82. The van der Waals surface area contributed by atoms with Crippen LogP contribution in [-0.4, -0.2) is 35.2 Å². The first kappa shape index (κ1) is 16.9. The van der Waals surface area contributed by atoms with Crippen LogP contribution in [0, 0.1) is 17.5 Å². The zero-order chi connectivity index (χ0) is 17.1. The molecule has 2 rings (SSSR count). The van der Waals surface area contributed by atoms with Crippen LogP contribution in [0.1, 0.15) is 24.4 Å². The van der Waals surface area contributed by atoms with E-state index in [9.17, 15) is 27.9 Å². The summed E-state index contributed by atoms with van der Waals surface area (Å²) < 4.78 is 44.7. The van der Waals surface area contributed by atoms with Crippen molar-refractivity contribution in [2.45, 2.75) is 24.9 Å². The van der Waals surface area contributed by atoms with Crippen molar-refractivity contribution in [3.63, 3.8) is 0 Å². The fourth-order valence-electron chi connectivity index (χ4n) is 2.66. The number of carboxylic acid groups (broad SMARTS) is 1. The molecule has 1 amide bonds. The molecule has 8 heteroatoms. The Hall–Kier alpha value is -2.51. The Morgan fingerprint density at radius 3 is 2.48 bits per heavy atom. The molecule has 1 aromatic carbocycles. The zero-order valence-corrected chi connectivity index (χ0v) is 12.1. The highest BCUT2D eigenvalue weighted by atomic mass is 19.2. The molecule has 1 aliphatic rings. The maximum Gasteiger partial charge on any atom is 0.408 e. The van der Waals surface area contributed by atoms with Crippen LogP contribution in [-0.2, 0) is 9.53 Å². The Morgan fingerprint density at radius 1 is 1.22 bits per heavy atom. The Balaban J connectivity index is 2.33. The highest BCUT2D eigenvalue weighted by Crippen LogP contribution is 2.38. The Morgan fingerprint density at radius 2 is 1.87 bits per heavy atom. The van der Waals surface area contributed by atoms with E-state index in [4.69, 9.17) is 0 Å². The van der Waals surface area contributed by atoms with Crippen molar-refractivity contribution in [3.05, 3.63) is 47.3 Å². The van der Waals surface area contributed by atoms with Crippen molar-refractivity contribution in [1.29, 1.82) is 0 Å². The molecule has 23 heavy (non-hydrogen) atoms. The molecule has 1 N–H and O–H groups in total. The quantitative estimate of drug-likeness (QED) is 0.526. The summed E-state index contributed by atoms with van der Waals surface area (Å²) in [7, 11) is 1.18. The van der Waals surface area contributed by atoms with Gasteiger partial charge in [0.25, 0.3) is 0 Å². The lowest BCUT2D eigenvalue weighted by atomic mass is 10.0. The van der Waals surface area contributed by atoms with E-state index in [1.54, 1.807) is 0 Å². The number of hydrogen-bond acceptors (Lipinski definition) is 3. The molecule has 5 nitrogen and oxygen atoms in total. The van der Waals surface area contributed by atoms with E-state index < -0.39 is 41.6 Å². The number of amides is 1. The number of carbonyl (C=O) groups excluding carboxylic acids is 1. The molecule has 1 fully saturated rings. The number of hydrogen-bond donors (Lipinski definition) is 1. The van der Waals surface area contributed by atoms with E-state index in [2.05, 4.69) is 4.74 Å². The van der Waals surface area contributed by atoms with Gasteiger partial charge in [-0.15, -0.1) is 0 Å². The smallest absolute Gasteiger partial charge is 0.408 e. The molecule has 1 heterocycles. The average Bonchev–Trinajstić information content (AvgIpc) is 2.92. The van der Waals surface area contributed by atoms with Gasteiger partial charge in [-0.3, -0.25) is 4.90 Å². The lowest BCUT2D eigenvalue weighted by Crippen LogP contribution is -2.35. The minimum Gasteiger partial charge on any atom is -0.466 e. The SMILES string of the molecule is COC(=O)/C=C/[C@H]1CC[C@@H](c2cc(F)c(F)cc2F)N1C(=O)O. The average molecular weight is 329 g/mol. The van der Waals surface area contributed by atoms with Crippen LogP contribution in [0.5, 0.6) is 0 Å². The summed E-state index contributed by atoms with van der Waals surface area (Å²) in [6.45, 7) is 0. The lowest BCUT2D eigenvalue weighted by molar-refractivity contribution is -0.134. The Bertz CT molecular complexity index is 662. The molecule has 1 aliphatic heterocycles. The van der Waals surface area contributed by atoms with E-state index in [1.165, 1.54) is 13.2 Å². The van der Waals surface area contributed by atoms with Crippen LogP contribution in [0.2, 0.25) is 0 Å². The van der Waals surface area contributed by atoms with Crippen LogP contribution < -0.4 is 0 Å². The molecule has 1 saturated heterocycles. The molecule has 0 bridgehead atoms. The number of carbonyl (C=O) groups is 2. The van der Waals surface area contributed by atoms with E-state index in [0.29, 0.717) is 18.6 Å². The van der Waals surface area contributed by atoms with Crippen molar-refractivity contribution in [3.8, 4) is 0 Å². The lowest BCUT2D eigenvalue weighted by Gasteiger charge is -2.26. The number of halogens is 3. The summed E-state index contributed by atoms with van der Waals surface area (Å²) in [6.07, 6.45) is 1.58. The fourth-order valence-corrected chi connectivity index (χ4v) is 2.66. The summed E-state index contributed by atoms with van der Waals surface area (Å²) in [5.74, 6) is -4.26. The number of esters is 1. The van der Waals surface area contributed by atoms with Gasteiger partial charge in [-0.1, -0.05) is 6.08 Å². The van der Waals surface area contributed by atoms with Crippen LogP contribution in [0.15, 0.2) is 24.3 Å². The number of ether oxygens (including phenoxy) is 1. The van der Waals surface area contributed by atoms with E-state index in [0.717, 1.165) is 11.0 Å². The number of benzene rings is 1. The van der Waals surface area contributed by atoms with Crippen LogP contribution in [0.4, 0.5) is 18.0 Å². The van der Waals surface area contributed by atoms with Gasteiger partial charge in [0, 0.05) is 17.7 Å². The van der Waals surface area contributed by atoms with E-state index >= 15 is 0 Å². The van der Waals surface area contributed by atoms with Crippen molar-refractivity contribution in [2.24, 2.45) is 0 Å². The van der Waals surface area contributed by atoms with Crippen LogP contribution in [0.25, 0.3) is 0 Å². The normalized spacial score (nSPS) is 21.0. The van der Waals surface area contributed by atoms with E-state index in [1.807, 2.05) is 0 Å². The first-order chi connectivity index (χ1) is 10.8. The highest BCUT2D eigenvalue weighted by Gasteiger charge is 2.38. The third-order valence-electron chi connectivity index (χ3n) is 3.70. The third kappa shape index (κ3) is 3.46. The predicted molar refractivity (Wildman–Crippen MR) is 73.1 cm³/mol. The number of nitrogens with zero attached hydrogens (tertiary/aromatic N) is 1. The second-order valence-corrected chi connectivity index (χ2v) is 5.02. The molecule has 0 aromatic heterocycles. The standard InChI is InChI=1S/C15H14F3NO4/c1-23-14(20)5-3-8-2-4-13(19(8)15(21)22)9-6-11(17)12(18)7-10(9)16/h3,5-8,13H,2,4H2,1H3,(H,21,22)/b5-3+/t8-,13+/m1/s1. The summed E-state index contributed by atoms with van der Waals surface area (Å²) in [5.41, 5.74) is -0.236. The van der Waals surface area contributed by atoms with Gasteiger partial charge in [-0.25, -0.2) is 22.8 Å². The second-order valence-electron chi connectivity index (χ2n) is 5.02. The van der Waals surface area contributed by atoms with Gasteiger partial charge in [-0.05, 0) is 18.9 Å². The number of rotatable bonds is 3. The molecule has 0 radical (unpaired) electrons. The van der Waals surface area contributed by atoms with Crippen molar-refractivity contribution in [2.75, 3.05) is 7.11 Å². The Labute approximate surface area is 130 Å². The maximum atomic E-state index is 13.9. The predicted octanol–water partition coefficient (Wildman–Crippen LogP) is 3.02. The number of methoxy groups -OCH3 is 1. The van der Waals surface area contributed by atoms with Crippen molar-refractivity contribution >= 4 is 12.1 Å². The third-order valence-corrected chi connectivity index (χ3v) is 3.70. The second kappa shape index (κ2) is 6.72. The summed E-state index contributed by atoms with van der Waals surface area (Å²) in [4.78, 5) is 23.5. The number of likely N-dealkylation sites (tertiary alicyclic amines) is 1. The molecule has 2 atom stereocenters. The molecule has 0 unspecified atom stereocenters. The largest absolute Gasteiger partial charge is 0.466 e. The first-order valence-corrected chi connectivity index (χ1v) is 6.77. The summed E-state index contributed by atoms with van der Waals surface area (Å²) >= 11 is 0. The van der Waals surface area contributed by atoms with Gasteiger partial charge in [0.15, 0.2) is 11.6 Å². The van der Waals surface area contributed by atoms with Gasteiger partial charge < -0.3 is 9.84 Å². The molecular formula is C15H14F3NO4. The van der Waals surface area contributed by atoms with Crippen LogP contribution >= 0.6 is 0 Å². The molecule has 0 spiro atoms. The zero-order valence-electron chi connectivity index (χ0n) is 12.1. The van der Waals surface area contributed by atoms with E-state index in [-0.39, 0.29) is 12.0 Å². The van der Waals surface area contributed by atoms with Crippen molar-refractivity contribution in [1.82, 2.24) is 4.90 Å². The van der Waals surface area contributed by atoms with Gasteiger partial charge in [0.05, 0.1) is 19.2 Å². The molecular weight excluding hydrogens is 315 g/mol. The molecule has 124 valence electrons. The van der Waals surface area contributed by atoms with Crippen molar-refractivity contribution < 1.29 is 32.6 Å². The van der Waals surface area contributed by atoms with Crippen LogP contribution in [0.3, 0.4) is 0 Å². The summed E-state index contributed by atoms with van der Waals surface area (Å²) in [6, 6.07) is -0.598. The maximum absolute atomic E-state index is 13.9.